The fourth-order valence-electron chi connectivity index (χ4n) is 0.775. The molecule has 1 rings (SSSR count). The molecule has 0 radical (unpaired) electrons. The van der Waals surface area contributed by atoms with Gasteiger partial charge in [0.15, 0.2) is 12.3 Å². The number of nitriles is 1. The Labute approximate surface area is 63.9 Å². The van der Waals surface area contributed by atoms with Crippen LogP contribution in [0, 0.1) is 11.5 Å². The molecule has 0 saturated carbocycles. The summed E-state index contributed by atoms with van der Waals surface area (Å²) in [6.45, 7) is 1.15. The van der Waals surface area contributed by atoms with E-state index in [9.17, 15) is 4.79 Å². The van der Waals surface area contributed by atoms with E-state index in [1.807, 2.05) is 5.32 Å². The normalized spacial score (nSPS) is 23.7. The summed E-state index contributed by atoms with van der Waals surface area (Å²) in [7, 11) is 0. The third kappa shape index (κ3) is 2.18. The minimum absolute atomic E-state index is 0.230. The van der Waals surface area contributed by atoms with Gasteiger partial charge in [-0.2, -0.15) is 5.26 Å². The van der Waals surface area contributed by atoms with E-state index in [2.05, 4.69) is 0 Å². The van der Waals surface area contributed by atoms with Gasteiger partial charge >= 0.3 is 0 Å². The number of amides is 1. The van der Waals surface area contributed by atoms with Crippen molar-refractivity contribution in [2.45, 2.75) is 6.10 Å². The van der Waals surface area contributed by atoms with Crippen molar-refractivity contribution in [2.24, 2.45) is 0 Å². The number of carbonyl (C=O) groups excluding carboxylic acids is 1. The van der Waals surface area contributed by atoms with Gasteiger partial charge in [-0.3, -0.25) is 10.1 Å². The van der Waals surface area contributed by atoms with Crippen molar-refractivity contribution in [3.8, 4) is 6.19 Å². The van der Waals surface area contributed by atoms with E-state index in [4.69, 9.17) is 14.7 Å². The number of ether oxygens (including phenoxy) is 2. The van der Waals surface area contributed by atoms with Crippen LogP contribution < -0.4 is 5.32 Å². The second-order valence-corrected chi connectivity index (χ2v) is 2.04. The highest BCUT2D eigenvalue weighted by atomic mass is 16.6. The minimum atomic E-state index is -0.622. The van der Waals surface area contributed by atoms with E-state index in [1.165, 1.54) is 6.19 Å². The van der Waals surface area contributed by atoms with Gasteiger partial charge in [0.25, 0.3) is 5.91 Å². The Balaban J connectivity index is 2.34. The summed E-state index contributed by atoms with van der Waals surface area (Å²) in [6, 6.07) is 0. The summed E-state index contributed by atoms with van der Waals surface area (Å²) < 4.78 is 9.96. The molecule has 5 heteroatoms. The first-order valence-corrected chi connectivity index (χ1v) is 3.23. The van der Waals surface area contributed by atoms with Crippen LogP contribution in [-0.2, 0) is 14.3 Å². The average Bonchev–Trinajstić information content (AvgIpc) is 2.07. The quantitative estimate of drug-likeness (QED) is 0.390. The Hall–Kier alpha value is -1.12. The molecule has 1 N–H and O–H groups in total. The van der Waals surface area contributed by atoms with Gasteiger partial charge in [-0.25, -0.2) is 0 Å². The molecule has 1 heterocycles. The summed E-state index contributed by atoms with van der Waals surface area (Å²) >= 11 is 0. The SMILES string of the molecule is N#CNC(=O)C1COCCO1. The third-order valence-electron chi connectivity index (χ3n) is 1.29. The number of nitrogens with zero attached hydrogens (tertiary/aromatic N) is 1. The average molecular weight is 156 g/mol. The number of carbonyl (C=O) groups is 1. The van der Waals surface area contributed by atoms with Crippen LogP contribution in [0.5, 0.6) is 0 Å². The van der Waals surface area contributed by atoms with Crippen molar-refractivity contribution >= 4 is 5.91 Å². The lowest BCUT2D eigenvalue weighted by molar-refractivity contribution is -0.146. The van der Waals surface area contributed by atoms with E-state index in [1.54, 1.807) is 0 Å². The largest absolute Gasteiger partial charge is 0.376 e. The van der Waals surface area contributed by atoms with Gasteiger partial charge in [0, 0.05) is 0 Å². The standard InChI is InChI=1S/C6H8N2O3/c7-4-8-6(9)5-3-10-1-2-11-5/h5H,1-3H2,(H,8,9). The molecule has 60 valence electrons. The van der Waals surface area contributed by atoms with Crippen molar-refractivity contribution in [1.82, 2.24) is 5.32 Å². The zero-order chi connectivity index (χ0) is 8.10. The second kappa shape index (κ2) is 3.91. The van der Waals surface area contributed by atoms with Crippen LogP contribution in [-0.4, -0.2) is 31.8 Å². The summed E-state index contributed by atoms with van der Waals surface area (Å²) in [5, 5.41) is 10.1. The molecule has 1 saturated heterocycles. The number of hydrogen-bond donors (Lipinski definition) is 1. The molecule has 11 heavy (non-hydrogen) atoms. The summed E-state index contributed by atoms with van der Waals surface area (Å²) in [4.78, 5) is 10.9. The Morgan fingerprint density at radius 3 is 3.00 bits per heavy atom. The lowest BCUT2D eigenvalue weighted by Gasteiger charge is -2.20. The van der Waals surface area contributed by atoms with Crippen LogP contribution in [0.4, 0.5) is 0 Å². The molecule has 0 bridgehead atoms. The van der Waals surface area contributed by atoms with Gasteiger partial charge in [-0.1, -0.05) is 0 Å². The van der Waals surface area contributed by atoms with Gasteiger partial charge in [0.2, 0.25) is 0 Å². The van der Waals surface area contributed by atoms with Gasteiger partial charge < -0.3 is 9.47 Å². The van der Waals surface area contributed by atoms with E-state index >= 15 is 0 Å². The predicted octanol–water partition coefficient (Wildman–Crippen LogP) is -1.00. The molecule has 1 amide bonds. The second-order valence-electron chi connectivity index (χ2n) is 2.04. The zero-order valence-corrected chi connectivity index (χ0v) is 5.87. The van der Waals surface area contributed by atoms with Gasteiger partial charge in [-0.05, 0) is 0 Å². The number of hydrogen-bond acceptors (Lipinski definition) is 4. The van der Waals surface area contributed by atoms with E-state index in [0.29, 0.717) is 13.2 Å². The predicted molar refractivity (Wildman–Crippen MR) is 34.3 cm³/mol. The van der Waals surface area contributed by atoms with Crippen molar-refractivity contribution in [3.05, 3.63) is 0 Å². The highest BCUT2D eigenvalue weighted by Gasteiger charge is 2.21. The number of rotatable bonds is 1. The van der Waals surface area contributed by atoms with E-state index in [0.717, 1.165) is 0 Å². The molecule has 0 aromatic heterocycles. The highest BCUT2D eigenvalue weighted by molar-refractivity contribution is 5.82. The lowest BCUT2D eigenvalue weighted by Crippen LogP contribution is -2.41. The maximum absolute atomic E-state index is 10.9. The van der Waals surface area contributed by atoms with Crippen LogP contribution in [0.15, 0.2) is 0 Å². The Morgan fingerprint density at radius 1 is 1.64 bits per heavy atom. The first-order chi connectivity index (χ1) is 5.34. The van der Waals surface area contributed by atoms with Crippen molar-refractivity contribution in [2.75, 3.05) is 19.8 Å². The zero-order valence-electron chi connectivity index (χ0n) is 5.87. The first-order valence-electron chi connectivity index (χ1n) is 3.23. The van der Waals surface area contributed by atoms with E-state index < -0.39 is 12.0 Å². The highest BCUT2D eigenvalue weighted by Crippen LogP contribution is 1.99. The molecular formula is C6H8N2O3. The van der Waals surface area contributed by atoms with Crippen LogP contribution in [0.2, 0.25) is 0 Å². The third-order valence-corrected chi connectivity index (χ3v) is 1.29. The van der Waals surface area contributed by atoms with Gasteiger partial charge in [0.05, 0.1) is 19.8 Å². The molecule has 1 fully saturated rings. The Morgan fingerprint density at radius 2 is 2.45 bits per heavy atom. The maximum atomic E-state index is 10.9. The van der Waals surface area contributed by atoms with Gasteiger partial charge in [-0.15, -0.1) is 0 Å². The molecule has 0 aromatic carbocycles. The maximum Gasteiger partial charge on any atom is 0.264 e. The van der Waals surface area contributed by atoms with Crippen molar-refractivity contribution in [3.63, 3.8) is 0 Å². The topological polar surface area (TPSA) is 71.4 Å². The molecule has 0 aliphatic carbocycles. The molecule has 1 unspecified atom stereocenters. The van der Waals surface area contributed by atoms with Crippen LogP contribution in [0.25, 0.3) is 0 Å². The molecule has 0 spiro atoms. The van der Waals surface area contributed by atoms with Crippen molar-refractivity contribution < 1.29 is 14.3 Å². The summed E-state index contributed by atoms with van der Waals surface area (Å²) in [5.41, 5.74) is 0. The van der Waals surface area contributed by atoms with Crippen LogP contribution in [0.1, 0.15) is 0 Å². The fourth-order valence-corrected chi connectivity index (χ4v) is 0.775. The minimum Gasteiger partial charge on any atom is -0.376 e. The summed E-state index contributed by atoms with van der Waals surface area (Å²) in [6.07, 6.45) is 0.908. The van der Waals surface area contributed by atoms with Gasteiger partial charge in [0.1, 0.15) is 0 Å². The molecule has 5 nitrogen and oxygen atoms in total. The summed E-state index contributed by atoms with van der Waals surface area (Å²) in [5.74, 6) is -0.438. The molecule has 0 aromatic rings. The number of nitrogens with one attached hydrogen (secondary N) is 1. The fraction of sp³-hybridized carbons (Fsp3) is 0.667. The molecule has 1 aliphatic rings. The molecule has 1 aliphatic heterocycles. The van der Waals surface area contributed by atoms with Crippen LogP contribution >= 0.6 is 0 Å². The monoisotopic (exact) mass is 156 g/mol. The Bertz CT molecular complexity index is 181. The lowest BCUT2D eigenvalue weighted by atomic mass is 10.3. The van der Waals surface area contributed by atoms with Crippen LogP contribution in [0.3, 0.4) is 0 Å². The molecular weight excluding hydrogens is 148 g/mol. The van der Waals surface area contributed by atoms with E-state index in [-0.39, 0.29) is 6.61 Å². The first kappa shape index (κ1) is 7.98. The van der Waals surface area contributed by atoms with Crippen molar-refractivity contribution in [1.29, 1.82) is 5.26 Å². The molecule has 1 atom stereocenters. The smallest absolute Gasteiger partial charge is 0.264 e. The Kier molecular flexibility index (Phi) is 2.83.